The molecule has 4 rings (SSSR count). The van der Waals surface area contributed by atoms with Crippen molar-refractivity contribution in [1.29, 1.82) is 0 Å². The summed E-state index contributed by atoms with van der Waals surface area (Å²) in [5.41, 5.74) is 1.23. The predicted molar refractivity (Wildman–Crippen MR) is 94.3 cm³/mol. The van der Waals surface area contributed by atoms with E-state index in [0.717, 1.165) is 44.4 Å². The summed E-state index contributed by atoms with van der Waals surface area (Å²) in [4.78, 5) is 29.2. The van der Waals surface area contributed by atoms with E-state index in [9.17, 15) is 9.59 Å². The van der Waals surface area contributed by atoms with Crippen LogP contribution >= 0.6 is 0 Å². The first kappa shape index (κ1) is 16.4. The number of amides is 2. The third kappa shape index (κ3) is 3.37. The molecule has 2 heterocycles. The van der Waals surface area contributed by atoms with Crippen LogP contribution in [0.1, 0.15) is 37.7 Å². The topological polar surface area (TPSA) is 49.9 Å². The van der Waals surface area contributed by atoms with E-state index < -0.39 is 0 Å². The second-order valence-electron chi connectivity index (χ2n) is 7.56. The van der Waals surface area contributed by atoms with Gasteiger partial charge in [-0.05, 0) is 49.8 Å². The molecule has 0 bridgehead atoms. The minimum absolute atomic E-state index is 0.135. The molecule has 2 atom stereocenters. The van der Waals surface area contributed by atoms with Crippen molar-refractivity contribution < 1.29 is 14.3 Å². The number of carbonyl (C=O) groups excluding carboxylic acids is 2. The van der Waals surface area contributed by atoms with Crippen LogP contribution in [0.15, 0.2) is 24.3 Å². The molecule has 0 aromatic heterocycles. The SMILES string of the molecule is COc1ccc(CC2CCCN2C(=O)C2CC(=O)N(C3CC3)C2)cc1. The van der Waals surface area contributed by atoms with Gasteiger partial charge in [-0.3, -0.25) is 9.59 Å². The van der Waals surface area contributed by atoms with Gasteiger partial charge in [0.25, 0.3) is 0 Å². The molecule has 1 aliphatic carbocycles. The van der Waals surface area contributed by atoms with Crippen molar-refractivity contribution in [2.75, 3.05) is 20.2 Å². The van der Waals surface area contributed by atoms with Crippen LogP contribution in [0.4, 0.5) is 0 Å². The summed E-state index contributed by atoms with van der Waals surface area (Å²) >= 11 is 0. The van der Waals surface area contributed by atoms with Crippen molar-refractivity contribution in [1.82, 2.24) is 9.80 Å². The minimum atomic E-state index is -0.135. The molecule has 1 aromatic carbocycles. The maximum Gasteiger partial charge on any atom is 0.228 e. The van der Waals surface area contributed by atoms with Crippen LogP contribution in [0, 0.1) is 5.92 Å². The third-order valence-corrected chi connectivity index (χ3v) is 5.79. The maximum atomic E-state index is 13.0. The van der Waals surface area contributed by atoms with Crippen LogP contribution in [0.2, 0.25) is 0 Å². The molecular weight excluding hydrogens is 316 g/mol. The van der Waals surface area contributed by atoms with E-state index in [1.165, 1.54) is 5.56 Å². The van der Waals surface area contributed by atoms with E-state index in [0.29, 0.717) is 19.0 Å². The summed E-state index contributed by atoms with van der Waals surface area (Å²) in [5, 5.41) is 0. The third-order valence-electron chi connectivity index (χ3n) is 5.79. The first-order valence-electron chi connectivity index (χ1n) is 9.38. The van der Waals surface area contributed by atoms with Crippen molar-refractivity contribution in [3.05, 3.63) is 29.8 Å². The average molecular weight is 342 g/mol. The number of rotatable bonds is 5. The molecule has 1 aromatic rings. The van der Waals surface area contributed by atoms with Gasteiger partial charge >= 0.3 is 0 Å². The molecule has 0 spiro atoms. The van der Waals surface area contributed by atoms with E-state index in [4.69, 9.17) is 4.74 Å². The van der Waals surface area contributed by atoms with Gasteiger partial charge in [0, 0.05) is 31.6 Å². The number of carbonyl (C=O) groups is 2. The zero-order chi connectivity index (χ0) is 17.4. The van der Waals surface area contributed by atoms with Gasteiger partial charge in [0.15, 0.2) is 0 Å². The fourth-order valence-electron chi connectivity index (χ4n) is 4.24. The first-order valence-corrected chi connectivity index (χ1v) is 9.38. The Hall–Kier alpha value is -2.04. The number of hydrogen-bond acceptors (Lipinski definition) is 3. The van der Waals surface area contributed by atoms with Crippen molar-refractivity contribution in [2.45, 2.75) is 50.6 Å². The summed E-state index contributed by atoms with van der Waals surface area (Å²) in [6.45, 7) is 1.46. The smallest absolute Gasteiger partial charge is 0.228 e. The average Bonchev–Trinajstić information content (AvgIpc) is 3.24. The van der Waals surface area contributed by atoms with E-state index in [2.05, 4.69) is 12.1 Å². The molecule has 2 amide bonds. The zero-order valence-corrected chi connectivity index (χ0v) is 14.8. The second-order valence-corrected chi connectivity index (χ2v) is 7.56. The van der Waals surface area contributed by atoms with Gasteiger partial charge in [0.2, 0.25) is 11.8 Å². The normalized spacial score (nSPS) is 26.4. The van der Waals surface area contributed by atoms with Crippen molar-refractivity contribution in [3.63, 3.8) is 0 Å². The summed E-state index contributed by atoms with van der Waals surface area (Å²) in [6, 6.07) is 8.77. The Bertz CT molecular complexity index is 653. The Morgan fingerprint density at radius 3 is 2.64 bits per heavy atom. The summed E-state index contributed by atoms with van der Waals surface area (Å²) in [7, 11) is 1.67. The number of ether oxygens (including phenoxy) is 1. The first-order chi connectivity index (χ1) is 12.2. The molecule has 5 heteroatoms. The second kappa shape index (κ2) is 6.70. The molecule has 3 fully saturated rings. The lowest BCUT2D eigenvalue weighted by Crippen LogP contribution is -2.41. The van der Waals surface area contributed by atoms with E-state index in [-0.39, 0.29) is 23.8 Å². The predicted octanol–water partition coefficient (Wildman–Crippen LogP) is 2.24. The Morgan fingerprint density at radius 2 is 1.96 bits per heavy atom. The number of benzene rings is 1. The lowest BCUT2D eigenvalue weighted by Gasteiger charge is -2.27. The van der Waals surface area contributed by atoms with Crippen LogP contribution in [-0.4, -0.2) is 53.9 Å². The number of likely N-dealkylation sites (tertiary alicyclic amines) is 2. The lowest BCUT2D eigenvalue weighted by atomic mass is 10.0. The number of nitrogens with zero attached hydrogens (tertiary/aromatic N) is 2. The molecule has 25 heavy (non-hydrogen) atoms. The molecule has 3 aliphatic rings. The molecule has 0 radical (unpaired) electrons. The molecule has 134 valence electrons. The van der Waals surface area contributed by atoms with Crippen LogP contribution < -0.4 is 4.74 Å². The Balaban J connectivity index is 1.40. The van der Waals surface area contributed by atoms with Crippen molar-refractivity contribution >= 4 is 11.8 Å². The van der Waals surface area contributed by atoms with Gasteiger partial charge in [-0.15, -0.1) is 0 Å². The van der Waals surface area contributed by atoms with Gasteiger partial charge in [-0.2, -0.15) is 0 Å². The lowest BCUT2D eigenvalue weighted by molar-refractivity contribution is -0.136. The minimum Gasteiger partial charge on any atom is -0.497 e. The van der Waals surface area contributed by atoms with Crippen molar-refractivity contribution in [3.8, 4) is 5.75 Å². The molecule has 5 nitrogen and oxygen atoms in total. The largest absolute Gasteiger partial charge is 0.497 e. The van der Waals surface area contributed by atoms with Crippen LogP contribution in [0.5, 0.6) is 5.75 Å². The highest BCUT2D eigenvalue weighted by Gasteiger charge is 2.44. The summed E-state index contributed by atoms with van der Waals surface area (Å²) < 4.78 is 5.21. The Kier molecular flexibility index (Phi) is 4.40. The van der Waals surface area contributed by atoms with Crippen molar-refractivity contribution in [2.24, 2.45) is 5.92 Å². The van der Waals surface area contributed by atoms with Gasteiger partial charge in [-0.1, -0.05) is 12.1 Å². The van der Waals surface area contributed by atoms with E-state index >= 15 is 0 Å². The summed E-state index contributed by atoms with van der Waals surface area (Å²) in [5.74, 6) is 1.08. The molecule has 2 saturated heterocycles. The van der Waals surface area contributed by atoms with E-state index in [1.807, 2.05) is 21.9 Å². The molecular formula is C20H26N2O3. The zero-order valence-electron chi connectivity index (χ0n) is 14.8. The molecule has 2 aliphatic heterocycles. The fourth-order valence-corrected chi connectivity index (χ4v) is 4.24. The number of hydrogen-bond donors (Lipinski definition) is 0. The molecule has 2 unspecified atom stereocenters. The molecule has 0 N–H and O–H groups in total. The maximum absolute atomic E-state index is 13.0. The highest BCUT2D eigenvalue weighted by Crippen LogP contribution is 2.34. The summed E-state index contributed by atoms with van der Waals surface area (Å²) in [6.07, 6.45) is 5.60. The van der Waals surface area contributed by atoms with Gasteiger partial charge in [-0.25, -0.2) is 0 Å². The van der Waals surface area contributed by atoms with Gasteiger partial charge in [0.1, 0.15) is 5.75 Å². The Morgan fingerprint density at radius 1 is 1.20 bits per heavy atom. The highest BCUT2D eigenvalue weighted by molar-refractivity contribution is 5.89. The standard InChI is InChI=1S/C20H26N2O3/c1-25-18-8-4-14(5-9-18)11-17-3-2-10-21(17)20(24)15-12-19(23)22(13-15)16-6-7-16/h4-5,8-9,15-17H,2-3,6-7,10-13H2,1H3. The van der Waals surface area contributed by atoms with Crippen LogP contribution in [0.25, 0.3) is 0 Å². The molecule has 1 saturated carbocycles. The van der Waals surface area contributed by atoms with Gasteiger partial charge in [0.05, 0.1) is 13.0 Å². The van der Waals surface area contributed by atoms with Crippen LogP contribution in [0.3, 0.4) is 0 Å². The van der Waals surface area contributed by atoms with E-state index in [1.54, 1.807) is 7.11 Å². The number of methoxy groups -OCH3 is 1. The van der Waals surface area contributed by atoms with Crippen LogP contribution in [-0.2, 0) is 16.0 Å². The fraction of sp³-hybridized carbons (Fsp3) is 0.600. The highest BCUT2D eigenvalue weighted by atomic mass is 16.5. The Labute approximate surface area is 148 Å². The monoisotopic (exact) mass is 342 g/mol. The quantitative estimate of drug-likeness (QED) is 0.825. The van der Waals surface area contributed by atoms with Gasteiger partial charge < -0.3 is 14.5 Å².